The van der Waals surface area contributed by atoms with E-state index < -0.39 is 0 Å². The Hall–Kier alpha value is -1.31. The minimum absolute atomic E-state index is 0.602. The molecule has 1 radical (unpaired) electrons. The highest BCUT2D eigenvalue weighted by Gasteiger charge is 1.94. The van der Waals surface area contributed by atoms with Crippen molar-refractivity contribution in [2.45, 2.75) is 26.2 Å². The normalized spacial score (nSPS) is 9.79. The average molecular weight is 190 g/mol. The molecule has 0 saturated carbocycles. The summed E-state index contributed by atoms with van der Waals surface area (Å²) in [6, 6.07) is 7.40. The van der Waals surface area contributed by atoms with Crippen LogP contribution in [0.5, 0.6) is 0 Å². The molecule has 1 aromatic carbocycles. The second-order valence-corrected chi connectivity index (χ2v) is 3.32. The van der Waals surface area contributed by atoms with E-state index in [9.17, 15) is 4.79 Å². The molecule has 14 heavy (non-hydrogen) atoms. The molecule has 1 rings (SSSR count). The lowest BCUT2D eigenvalue weighted by Gasteiger charge is -2.05. The van der Waals surface area contributed by atoms with Gasteiger partial charge in [0.1, 0.15) is 0 Å². The van der Waals surface area contributed by atoms with Gasteiger partial charge in [-0.2, -0.15) is 0 Å². The van der Waals surface area contributed by atoms with E-state index in [4.69, 9.17) is 0 Å². The van der Waals surface area contributed by atoms with Gasteiger partial charge in [-0.05, 0) is 18.6 Å². The first kappa shape index (κ1) is 10.8. The SMILES string of the molecule is CCCCCNc1cccc([C]=O)c1. The smallest absolute Gasteiger partial charge is 0.233 e. The van der Waals surface area contributed by atoms with Crippen molar-refractivity contribution in [2.24, 2.45) is 0 Å². The molecular formula is C12H16NO. The summed E-state index contributed by atoms with van der Waals surface area (Å²) in [7, 11) is 0. The van der Waals surface area contributed by atoms with Crippen LogP contribution < -0.4 is 5.32 Å². The van der Waals surface area contributed by atoms with Crippen molar-refractivity contribution in [1.29, 1.82) is 0 Å². The molecule has 2 heteroatoms. The number of benzene rings is 1. The van der Waals surface area contributed by atoms with Crippen molar-refractivity contribution in [2.75, 3.05) is 11.9 Å². The van der Waals surface area contributed by atoms with Gasteiger partial charge in [0.15, 0.2) is 0 Å². The Bertz CT molecular complexity index is 283. The fourth-order valence-electron chi connectivity index (χ4n) is 1.30. The summed E-state index contributed by atoms with van der Waals surface area (Å²) < 4.78 is 0. The molecule has 0 aliphatic rings. The van der Waals surface area contributed by atoms with E-state index in [0.717, 1.165) is 12.2 Å². The minimum Gasteiger partial charge on any atom is -0.385 e. The molecule has 2 nitrogen and oxygen atoms in total. The van der Waals surface area contributed by atoms with Crippen LogP contribution in [-0.2, 0) is 4.79 Å². The molecule has 0 bridgehead atoms. The van der Waals surface area contributed by atoms with Gasteiger partial charge in [-0.1, -0.05) is 31.9 Å². The van der Waals surface area contributed by atoms with Gasteiger partial charge in [0, 0.05) is 17.8 Å². The van der Waals surface area contributed by atoms with Crippen LogP contribution in [0.3, 0.4) is 0 Å². The summed E-state index contributed by atoms with van der Waals surface area (Å²) >= 11 is 0. The number of hydrogen-bond acceptors (Lipinski definition) is 2. The maximum absolute atomic E-state index is 10.4. The summed E-state index contributed by atoms with van der Waals surface area (Å²) in [4.78, 5) is 10.4. The number of hydrogen-bond donors (Lipinski definition) is 1. The molecule has 0 aromatic heterocycles. The van der Waals surface area contributed by atoms with Crippen molar-refractivity contribution in [1.82, 2.24) is 0 Å². The molecule has 0 aliphatic carbocycles. The zero-order valence-corrected chi connectivity index (χ0v) is 8.55. The Kier molecular flexibility index (Phi) is 4.76. The predicted octanol–water partition coefficient (Wildman–Crippen LogP) is 2.75. The van der Waals surface area contributed by atoms with E-state index in [0.29, 0.717) is 5.56 Å². The van der Waals surface area contributed by atoms with Crippen LogP contribution in [0.2, 0.25) is 0 Å². The summed E-state index contributed by atoms with van der Waals surface area (Å²) in [6.45, 7) is 3.15. The number of rotatable bonds is 6. The van der Waals surface area contributed by atoms with E-state index in [1.165, 1.54) is 19.3 Å². The molecule has 0 aliphatic heterocycles. The van der Waals surface area contributed by atoms with Gasteiger partial charge in [-0.15, -0.1) is 0 Å². The zero-order valence-electron chi connectivity index (χ0n) is 8.55. The summed E-state index contributed by atoms with van der Waals surface area (Å²) in [5.74, 6) is 0. The number of unbranched alkanes of at least 4 members (excludes halogenated alkanes) is 2. The fourth-order valence-corrected chi connectivity index (χ4v) is 1.30. The molecule has 0 saturated heterocycles. The van der Waals surface area contributed by atoms with Crippen LogP contribution in [0.25, 0.3) is 0 Å². The second kappa shape index (κ2) is 6.19. The van der Waals surface area contributed by atoms with Crippen LogP contribution in [0.15, 0.2) is 24.3 Å². The van der Waals surface area contributed by atoms with Gasteiger partial charge < -0.3 is 5.32 Å². The Morgan fingerprint density at radius 2 is 2.21 bits per heavy atom. The molecule has 1 aromatic rings. The average Bonchev–Trinajstić information content (AvgIpc) is 2.25. The van der Waals surface area contributed by atoms with Gasteiger partial charge in [-0.3, -0.25) is 4.79 Å². The molecule has 75 valence electrons. The quantitative estimate of drug-likeness (QED) is 0.699. The van der Waals surface area contributed by atoms with Gasteiger partial charge >= 0.3 is 0 Å². The van der Waals surface area contributed by atoms with Gasteiger partial charge in [0.25, 0.3) is 0 Å². The Morgan fingerprint density at radius 1 is 1.36 bits per heavy atom. The van der Waals surface area contributed by atoms with E-state index in [2.05, 4.69) is 12.2 Å². The molecular weight excluding hydrogens is 174 g/mol. The lowest BCUT2D eigenvalue weighted by molar-refractivity contribution is 0.563. The van der Waals surface area contributed by atoms with E-state index in [1.54, 1.807) is 6.07 Å². The maximum atomic E-state index is 10.4. The van der Waals surface area contributed by atoms with Crippen molar-refractivity contribution in [3.05, 3.63) is 29.8 Å². The number of carbonyl (C=O) groups excluding carboxylic acids is 1. The van der Waals surface area contributed by atoms with Crippen molar-refractivity contribution < 1.29 is 4.79 Å². The molecule has 0 unspecified atom stereocenters. The largest absolute Gasteiger partial charge is 0.385 e. The van der Waals surface area contributed by atoms with Gasteiger partial charge in [-0.25, -0.2) is 0 Å². The predicted molar refractivity (Wildman–Crippen MR) is 59.3 cm³/mol. The van der Waals surface area contributed by atoms with Crippen LogP contribution in [0.4, 0.5) is 5.69 Å². The highest BCUT2D eigenvalue weighted by atomic mass is 16.1. The van der Waals surface area contributed by atoms with Crippen LogP contribution in [0.1, 0.15) is 31.7 Å². The summed E-state index contributed by atoms with van der Waals surface area (Å²) in [6.07, 6.45) is 5.52. The monoisotopic (exact) mass is 190 g/mol. The molecule has 0 spiro atoms. The lowest BCUT2D eigenvalue weighted by Crippen LogP contribution is -2.01. The minimum atomic E-state index is 0.602. The van der Waals surface area contributed by atoms with Gasteiger partial charge in [0.05, 0.1) is 0 Å². The zero-order chi connectivity index (χ0) is 10.2. The highest BCUT2D eigenvalue weighted by molar-refractivity contribution is 5.77. The third-order valence-electron chi connectivity index (χ3n) is 2.09. The van der Waals surface area contributed by atoms with Crippen molar-refractivity contribution in [3.8, 4) is 0 Å². The van der Waals surface area contributed by atoms with Crippen molar-refractivity contribution in [3.63, 3.8) is 0 Å². The molecule has 0 amide bonds. The van der Waals surface area contributed by atoms with Crippen LogP contribution in [-0.4, -0.2) is 12.8 Å². The summed E-state index contributed by atoms with van der Waals surface area (Å²) in [5.41, 5.74) is 1.60. The number of nitrogens with one attached hydrogen (secondary N) is 1. The highest BCUT2D eigenvalue weighted by Crippen LogP contribution is 2.09. The summed E-state index contributed by atoms with van der Waals surface area (Å²) in [5, 5.41) is 3.28. The fraction of sp³-hybridized carbons (Fsp3) is 0.417. The Balaban J connectivity index is 2.38. The Morgan fingerprint density at radius 3 is 2.93 bits per heavy atom. The third-order valence-corrected chi connectivity index (χ3v) is 2.09. The number of anilines is 1. The molecule has 0 fully saturated rings. The third kappa shape index (κ3) is 3.60. The first-order valence-electron chi connectivity index (χ1n) is 5.09. The molecule has 1 N–H and O–H groups in total. The lowest BCUT2D eigenvalue weighted by atomic mass is 10.2. The van der Waals surface area contributed by atoms with Crippen molar-refractivity contribution >= 4 is 12.0 Å². The Labute approximate surface area is 85.3 Å². The first-order valence-corrected chi connectivity index (χ1v) is 5.09. The van der Waals surface area contributed by atoms with Crippen LogP contribution >= 0.6 is 0 Å². The molecule has 0 atom stereocenters. The van der Waals surface area contributed by atoms with Crippen LogP contribution in [0, 0.1) is 0 Å². The maximum Gasteiger partial charge on any atom is 0.233 e. The standard InChI is InChI=1S/C12H16NO/c1-2-3-4-8-13-12-7-5-6-11(9-12)10-14/h5-7,9,13H,2-4,8H2,1H3. The first-order chi connectivity index (χ1) is 6.86. The van der Waals surface area contributed by atoms with E-state index in [-0.39, 0.29) is 0 Å². The second-order valence-electron chi connectivity index (χ2n) is 3.32. The van der Waals surface area contributed by atoms with E-state index >= 15 is 0 Å². The van der Waals surface area contributed by atoms with Gasteiger partial charge in [0.2, 0.25) is 6.29 Å². The molecule has 0 heterocycles. The topological polar surface area (TPSA) is 29.1 Å². The van der Waals surface area contributed by atoms with E-state index in [1.807, 2.05) is 24.5 Å².